The lowest BCUT2D eigenvalue weighted by molar-refractivity contribution is 0.676. The molecule has 1 aromatic carbocycles. The van der Waals surface area contributed by atoms with E-state index in [0.717, 1.165) is 18.5 Å². The first-order valence-electron chi connectivity index (χ1n) is 6.89. The van der Waals surface area contributed by atoms with Crippen molar-refractivity contribution < 1.29 is 0 Å². The van der Waals surface area contributed by atoms with Gasteiger partial charge in [-0.25, -0.2) is 0 Å². The second kappa shape index (κ2) is 5.70. The van der Waals surface area contributed by atoms with Gasteiger partial charge in [0.05, 0.1) is 13.1 Å². The van der Waals surface area contributed by atoms with E-state index < -0.39 is 0 Å². The maximum atomic E-state index is 5.46. The molecule has 2 N–H and O–H groups in total. The van der Waals surface area contributed by atoms with Crippen molar-refractivity contribution in [3.63, 3.8) is 0 Å². The minimum Gasteiger partial charge on any atom is -0.363 e. The van der Waals surface area contributed by atoms with E-state index in [1.807, 2.05) is 0 Å². The van der Waals surface area contributed by atoms with Crippen molar-refractivity contribution in [2.24, 2.45) is 5.73 Å². The topological polar surface area (TPSA) is 29.3 Å². The third-order valence-corrected chi connectivity index (χ3v) is 4.64. The Bertz CT molecular complexity index is 663. The molecule has 0 amide bonds. The van der Waals surface area contributed by atoms with Crippen molar-refractivity contribution in [1.82, 2.24) is 0 Å². The van der Waals surface area contributed by atoms with E-state index in [1.54, 1.807) is 11.3 Å². The zero-order valence-corrected chi connectivity index (χ0v) is 12.4. The maximum Gasteiger partial charge on any atom is 0.0555 e. The van der Waals surface area contributed by atoms with Gasteiger partial charge in [0.25, 0.3) is 0 Å². The van der Waals surface area contributed by atoms with Crippen LogP contribution in [0.3, 0.4) is 0 Å². The summed E-state index contributed by atoms with van der Waals surface area (Å²) in [6.45, 7) is 3.64. The normalized spacial score (nSPS) is 16.7. The van der Waals surface area contributed by atoms with Gasteiger partial charge in [-0.3, -0.25) is 0 Å². The SMILES string of the molecule is CC1Cc2ccccc2N1Cc1sccc1C#CCN. The van der Waals surface area contributed by atoms with Crippen LogP contribution in [0, 0.1) is 11.8 Å². The molecule has 1 aromatic heterocycles. The van der Waals surface area contributed by atoms with Gasteiger partial charge in [0.15, 0.2) is 0 Å². The highest BCUT2D eigenvalue weighted by atomic mass is 32.1. The molecular formula is C17H18N2S. The molecule has 1 atom stereocenters. The molecule has 3 rings (SSSR count). The van der Waals surface area contributed by atoms with Crippen LogP contribution in [0.2, 0.25) is 0 Å². The van der Waals surface area contributed by atoms with Gasteiger partial charge in [0, 0.05) is 22.2 Å². The largest absolute Gasteiger partial charge is 0.363 e. The number of anilines is 1. The summed E-state index contributed by atoms with van der Waals surface area (Å²) in [4.78, 5) is 3.81. The molecule has 102 valence electrons. The summed E-state index contributed by atoms with van der Waals surface area (Å²) in [6.07, 6.45) is 1.13. The van der Waals surface area contributed by atoms with Crippen molar-refractivity contribution >= 4 is 17.0 Å². The summed E-state index contributed by atoms with van der Waals surface area (Å²) >= 11 is 1.78. The molecule has 0 saturated carbocycles. The summed E-state index contributed by atoms with van der Waals surface area (Å²) < 4.78 is 0. The zero-order valence-electron chi connectivity index (χ0n) is 11.6. The molecule has 20 heavy (non-hydrogen) atoms. The van der Waals surface area contributed by atoms with Crippen LogP contribution >= 0.6 is 11.3 Å². The Labute approximate surface area is 124 Å². The molecule has 1 aliphatic rings. The highest BCUT2D eigenvalue weighted by molar-refractivity contribution is 7.10. The quantitative estimate of drug-likeness (QED) is 0.858. The fraction of sp³-hybridized carbons (Fsp3) is 0.294. The molecule has 0 fully saturated rings. The Kier molecular flexibility index (Phi) is 3.77. The number of nitrogens with two attached hydrogens (primary N) is 1. The number of fused-ring (bicyclic) bond motifs is 1. The average molecular weight is 282 g/mol. The van der Waals surface area contributed by atoms with E-state index in [4.69, 9.17) is 5.73 Å². The highest BCUT2D eigenvalue weighted by Crippen LogP contribution is 2.34. The van der Waals surface area contributed by atoms with E-state index in [1.165, 1.54) is 16.1 Å². The van der Waals surface area contributed by atoms with Crippen molar-refractivity contribution in [3.05, 3.63) is 51.7 Å². The van der Waals surface area contributed by atoms with Gasteiger partial charge in [-0.2, -0.15) is 0 Å². The van der Waals surface area contributed by atoms with E-state index in [9.17, 15) is 0 Å². The van der Waals surface area contributed by atoms with Gasteiger partial charge in [-0.05, 0) is 36.4 Å². The fourth-order valence-electron chi connectivity index (χ4n) is 2.75. The van der Waals surface area contributed by atoms with Crippen LogP contribution in [-0.2, 0) is 13.0 Å². The molecule has 0 saturated heterocycles. The van der Waals surface area contributed by atoms with Gasteiger partial charge in [0.2, 0.25) is 0 Å². The fourth-order valence-corrected chi connectivity index (χ4v) is 3.57. The molecule has 1 aliphatic heterocycles. The van der Waals surface area contributed by atoms with E-state index in [-0.39, 0.29) is 0 Å². The van der Waals surface area contributed by atoms with Crippen molar-refractivity contribution in [3.8, 4) is 11.8 Å². The molecule has 2 nitrogen and oxygen atoms in total. The number of para-hydroxylation sites is 1. The molecule has 2 heterocycles. The van der Waals surface area contributed by atoms with Crippen LogP contribution in [-0.4, -0.2) is 12.6 Å². The van der Waals surface area contributed by atoms with Gasteiger partial charge in [-0.15, -0.1) is 11.3 Å². The first-order chi connectivity index (χ1) is 9.79. The van der Waals surface area contributed by atoms with Crippen LogP contribution in [0.15, 0.2) is 35.7 Å². The third-order valence-electron chi connectivity index (χ3n) is 3.73. The molecule has 0 bridgehead atoms. The second-order valence-corrected chi connectivity index (χ2v) is 6.07. The first kappa shape index (κ1) is 13.2. The Morgan fingerprint density at radius 3 is 3.05 bits per heavy atom. The highest BCUT2D eigenvalue weighted by Gasteiger charge is 2.26. The summed E-state index contributed by atoms with van der Waals surface area (Å²) in [5.41, 5.74) is 9.40. The van der Waals surface area contributed by atoms with Gasteiger partial charge < -0.3 is 10.6 Å². The van der Waals surface area contributed by atoms with Crippen molar-refractivity contribution in [2.75, 3.05) is 11.4 Å². The molecule has 0 aliphatic carbocycles. The van der Waals surface area contributed by atoms with Crippen LogP contribution < -0.4 is 10.6 Å². The number of nitrogens with zero attached hydrogens (tertiary/aromatic N) is 1. The predicted octanol–water partition coefficient (Wildman–Crippen LogP) is 3.01. The van der Waals surface area contributed by atoms with Gasteiger partial charge in [0.1, 0.15) is 0 Å². The lowest BCUT2D eigenvalue weighted by atomic mass is 10.1. The van der Waals surface area contributed by atoms with Crippen LogP contribution in [0.5, 0.6) is 0 Å². The van der Waals surface area contributed by atoms with E-state index in [0.29, 0.717) is 12.6 Å². The molecule has 0 spiro atoms. The predicted molar refractivity (Wildman–Crippen MR) is 86.0 cm³/mol. The number of rotatable bonds is 2. The van der Waals surface area contributed by atoms with E-state index in [2.05, 4.69) is 59.4 Å². The lowest BCUT2D eigenvalue weighted by Crippen LogP contribution is -2.28. The van der Waals surface area contributed by atoms with E-state index >= 15 is 0 Å². The lowest BCUT2D eigenvalue weighted by Gasteiger charge is -2.24. The number of hydrogen-bond donors (Lipinski definition) is 1. The summed E-state index contributed by atoms with van der Waals surface area (Å²) in [5.74, 6) is 6.13. The summed E-state index contributed by atoms with van der Waals surface area (Å²) in [6, 6.07) is 11.3. The Balaban J connectivity index is 1.87. The smallest absolute Gasteiger partial charge is 0.0555 e. The number of thiophene rings is 1. The molecule has 1 unspecified atom stereocenters. The van der Waals surface area contributed by atoms with Crippen LogP contribution in [0.25, 0.3) is 0 Å². The number of hydrogen-bond acceptors (Lipinski definition) is 3. The first-order valence-corrected chi connectivity index (χ1v) is 7.77. The molecule has 3 heteroatoms. The third kappa shape index (κ3) is 2.45. The second-order valence-electron chi connectivity index (χ2n) is 5.07. The monoisotopic (exact) mass is 282 g/mol. The molecule has 0 radical (unpaired) electrons. The minimum absolute atomic E-state index is 0.415. The van der Waals surface area contributed by atoms with Crippen molar-refractivity contribution in [1.29, 1.82) is 0 Å². The summed E-state index contributed by atoms with van der Waals surface area (Å²) in [5, 5.41) is 2.11. The van der Waals surface area contributed by atoms with Gasteiger partial charge in [-0.1, -0.05) is 30.0 Å². The van der Waals surface area contributed by atoms with Crippen molar-refractivity contribution in [2.45, 2.75) is 25.9 Å². The average Bonchev–Trinajstić information content (AvgIpc) is 3.02. The molecule has 2 aromatic rings. The summed E-state index contributed by atoms with van der Waals surface area (Å²) in [7, 11) is 0. The zero-order chi connectivity index (χ0) is 13.9. The number of benzene rings is 1. The Hall–Kier alpha value is -1.76. The minimum atomic E-state index is 0.415. The van der Waals surface area contributed by atoms with Crippen LogP contribution in [0.1, 0.15) is 22.9 Å². The Morgan fingerprint density at radius 2 is 2.20 bits per heavy atom. The Morgan fingerprint density at radius 1 is 1.35 bits per heavy atom. The maximum absolute atomic E-state index is 5.46. The standard InChI is InChI=1S/C17H18N2S/c1-13-11-15-5-2-3-7-16(15)19(13)12-17-14(6-4-9-18)8-10-20-17/h2-3,5,7-8,10,13H,9,11-12,18H2,1H3. The van der Waals surface area contributed by atoms with Gasteiger partial charge >= 0.3 is 0 Å². The van der Waals surface area contributed by atoms with Crippen LogP contribution in [0.4, 0.5) is 5.69 Å². The molecular weight excluding hydrogens is 264 g/mol.